The lowest BCUT2D eigenvalue weighted by atomic mass is 9.99. The second-order valence-corrected chi connectivity index (χ2v) is 22.1. The minimum absolute atomic E-state index is 0.00796. The van der Waals surface area contributed by atoms with E-state index in [1.807, 2.05) is 19.1 Å². The highest BCUT2D eigenvalue weighted by atomic mass is 16.7. The molecule has 1 fully saturated rings. The maximum atomic E-state index is 13.0. The number of amides is 1. The summed E-state index contributed by atoms with van der Waals surface area (Å²) in [6.45, 7) is 4.05. The van der Waals surface area contributed by atoms with Crippen molar-refractivity contribution in [1.29, 1.82) is 0 Å². The zero-order chi connectivity index (χ0) is 56.6. The van der Waals surface area contributed by atoms with Crippen LogP contribution in [0.5, 0.6) is 0 Å². The van der Waals surface area contributed by atoms with Crippen molar-refractivity contribution in [2.75, 3.05) is 19.8 Å². The summed E-state index contributed by atoms with van der Waals surface area (Å²) < 4.78 is 16.7. The maximum absolute atomic E-state index is 13.0. The quantitative estimate of drug-likeness (QED) is 0.0195. The number of hydrogen-bond acceptors (Lipinski definition) is 10. The Morgan fingerprint density at radius 1 is 0.500 bits per heavy atom. The van der Waals surface area contributed by atoms with Gasteiger partial charge in [0.25, 0.3) is 0 Å². The number of rotatable bonds is 55. The Hall–Kier alpha value is -2.90. The van der Waals surface area contributed by atoms with Gasteiger partial charge in [0.05, 0.1) is 32.0 Å². The van der Waals surface area contributed by atoms with Gasteiger partial charge in [0.1, 0.15) is 24.4 Å². The standard InChI is InChI=1S/C67H119NO10/c1-3-5-7-9-11-13-14-15-16-17-22-26-29-32-35-39-43-47-51-55-63(72)76-56-52-48-44-40-36-33-30-27-24-21-19-18-20-23-25-28-31-34-38-42-46-50-54-62(71)68-59(60(70)53-49-45-41-37-12-10-8-6-4-2)58-77-67-66(75)65(74)64(73)61(57-69)78-67/h4,6,11-13,15-16,20,23,37,49,53,59-61,64-67,69-70,73-75H,3,5,7-10,14,17-19,21-22,24-36,38-48,50-52,54-58H2,1-2H3,(H,68,71)/b6-4+,13-11-,16-15-,23-20-,37-12+,53-49+. The smallest absolute Gasteiger partial charge is 0.305 e. The lowest BCUT2D eigenvalue weighted by Crippen LogP contribution is -2.60. The van der Waals surface area contributed by atoms with Crippen molar-refractivity contribution in [2.45, 2.75) is 320 Å². The number of esters is 1. The van der Waals surface area contributed by atoms with Crippen LogP contribution in [-0.2, 0) is 23.8 Å². The summed E-state index contributed by atoms with van der Waals surface area (Å²) in [6.07, 6.45) is 64.7. The van der Waals surface area contributed by atoms with E-state index in [2.05, 4.69) is 66.9 Å². The first-order valence-electron chi connectivity index (χ1n) is 32.2. The zero-order valence-corrected chi connectivity index (χ0v) is 49.9. The lowest BCUT2D eigenvalue weighted by Gasteiger charge is -2.40. The predicted molar refractivity (Wildman–Crippen MR) is 324 cm³/mol. The molecule has 0 aliphatic carbocycles. The molecule has 0 spiro atoms. The van der Waals surface area contributed by atoms with E-state index in [9.17, 15) is 35.1 Å². The largest absolute Gasteiger partial charge is 0.466 e. The Kier molecular flexibility index (Phi) is 52.5. The third kappa shape index (κ3) is 44.8. The van der Waals surface area contributed by atoms with Crippen LogP contribution in [-0.4, -0.2) is 100 Å². The minimum atomic E-state index is -1.58. The molecule has 7 unspecified atom stereocenters. The number of aliphatic hydroxyl groups excluding tert-OH is 5. The molecule has 1 aliphatic rings. The summed E-state index contributed by atoms with van der Waals surface area (Å²) in [7, 11) is 0. The van der Waals surface area contributed by atoms with Crippen molar-refractivity contribution in [3.8, 4) is 0 Å². The van der Waals surface area contributed by atoms with Crippen LogP contribution in [0.3, 0.4) is 0 Å². The molecule has 7 atom stereocenters. The molecular weight excluding hydrogens is 979 g/mol. The van der Waals surface area contributed by atoms with Crippen LogP contribution < -0.4 is 5.32 Å². The first kappa shape index (κ1) is 73.1. The van der Waals surface area contributed by atoms with Crippen LogP contribution in [0, 0.1) is 0 Å². The SMILES string of the molecule is C/C=C/CC/C=C/CC/C=C/C(O)C(COC1OC(CO)C(O)C(O)C1O)NC(=O)CCCCCCCCC/C=C\CCCCCCCCCCCCCOC(=O)CCCCCCCCCCC/C=C\C/C=C\CCCCC. The van der Waals surface area contributed by atoms with Crippen LogP contribution in [0.4, 0.5) is 0 Å². The first-order valence-corrected chi connectivity index (χ1v) is 32.2. The molecule has 6 N–H and O–H groups in total. The Morgan fingerprint density at radius 2 is 0.923 bits per heavy atom. The third-order valence-electron chi connectivity index (χ3n) is 14.8. The molecule has 1 heterocycles. The van der Waals surface area contributed by atoms with Gasteiger partial charge in [-0.3, -0.25) is 9.59 Å². The van der Waals surface area contributed by atoms with Crippen LogP contribution in [0.25, 0.3) is 0 Å². The normalized spacial score (nSPS) is 19.0. The van der Waals surface area contributed by atoms with Crippen molar-refractivity contribution in [3.63, 3.8) is 0 Å². The van der Waals surface area contributed by atoms with Gasteiger partial charge < -0.3 is 45.1 Å². The second kappa shape index (κ2) is 56.0. The average Bonchev–Trinajstić information content (AvgIpc) is 3.44. The molecule has 1 saturated heterocycles. The van der Waals surface area contributed by atoms with Gasteiger partial charge in [-0.15, -0.1) is 0 Å². The lowest BCUT2D eigenvalue weighted by molar-refractivity contribution is -0.302. The monoisotopic (exact) mass is 1100 g/mol. The van der Waals surface area contributed by atoms with Gasteiger partial charge in [-0.05, 0) is 110 Å². The topological polar surface area (TPSA) is 175 Å². The predicted octanol–water partition coefficient (Wildman–Crippen LogP) is 15.6. The van der Waals surface area contributed by atoms with E-state index >= 15 is 0 Å². The third-order valence-corrected chi connectivity index (χ3v) is 14.8. The Balaban J connectivity index is 1.97. The average molecular weight is 1100 g/mol. The van der Waals surface area contributed by atoms with Gasteiger partial charge >= 0.3 is 5.97 Å². The summed E-state index contributed by atoms with van der Waals surface area (Å²) in [4.78, 5) is 25.1. The molecule has 0 bridgehead atoms. The number of carbonyl (C=O) groups excluding carboxylic acids is 2. The first-order chi connectivity index (χ1) is 38.2. The number of unbranched alkanes of at least 4 members (excludes halogenated alkanes) is 32. The van der Waals surface area contributed by atoms with Gasteiger partial charge in [0.2, 0.25) is 5.91 Å². The molecular formula is C67H119NO10. The number of aliphatic hydroxyl groups is 5. The van der Waals surface area contributed by atoms with Crippen molar-refractivity contribution >= 4 is 11.9 Å². The van der Waals surface area contributed by atoms with Crippen molar-refractivity contribution in [3.05, 3.63) is 72.9 Å². The van der Waals surface area contributed by atoms with Gasteiger partial charge in [0, 0.05) is 12.8 Å². The molecule has 11 heteroatoms. The Bertz CT molecular complexity index is 1520. The van der Waals surface area contributed by atoms with Crippen LogP contribution in [0.2, 0.25) is 0 Å². The molecule has 1 amide bonds. The maximum Gasteiger partial charge on any atom is 0.305 e. The molecule has 1 aliphatic heterocycles. The van der Waals surface area contributed by atoms with E-state index in [1.54, 1.807) is 6.08 Å². The summed E-state index contributed by atoms with van der Waals surface area (Å²) in [6, 6.07) is -0.840. The molecule has 0 aromatic carbocycles. The number of hydrogen-bond donors (Lipinski definition) is 6. The number of carbonyl (C=O) groups is 2. The number of nitrogens with one attached hydrogen (secondary N) is 1. The van der Waals surface area contributed by atoms with E-state index in [1.165, 1.54) is 161 Å². The van der Waals surface area contributed by atoms with Crippen molar-refractivity contribution < 1.29 is 49.3 Å². The highest BCUT2D eigenvalue weighted by Crippen LogP contribution is 2.23. The zero-order valence-electron chi connectivity index (χ0n) is 49.9. The molecule has 78 heavy (non-hydrogen) atoms. The van der Waals surface area contributed by atoms with E-state index in [-0.39, 0.29) is 18.5 Å². The van der Waals surface area contributed by atoms with E-state index < -0.39 is 49.5 Å². The van der Waals surface area contributed by atoms with Gasteiger partial charge in [-0.25, -0.2) is 0 Å². The fourth-order valence-electron chi connectivity index (χ4n) is 9.73. The molecule has 0 radical (unpaired) electrons. The minimum Gasteiger partial charge on any atom is -0.466 e. The van der Waals surface area contributed by atoms with Crippen LogP contribution >= 0.6 is 0 Å². The molecule has 11 nitrogen and oxygen atoms in total. The summed E-state index contributed by atoms with van der Waals surface area (Å²) in [5.41, 5.74) is 0. The highest BCUT2D eigenvalue weighted by Gasteiger charge is 2.44. The number of ether oxygens (including phenoxy) is 3. The van der Waals surface area contributed by atoms with Gasteiger partial charge in [0.15, 0.2) is 6.29 Å². The summed E-state index contributed by atoms with van der Waals surface area (Å²) in [5.74, 6) is -0.216. The Labute approximate surface area is 477 Å². The Morgan fingerprint density at radius 3 is 1.42 bits per heavy atom. The van der Waals surface area contributed by atoms with E-state index in [0.29, 0.717) is 25.9 Å². The highest BCUT2D eigenvalue weighted by molar-refractivity contribution is 5.76. The van der Waals surface area contributed by atoms with Gasteiger partial charge in [-0.2, -0.15) is 0 Å². The second-order valence-electron chi connectivity index (χ2n) is 22.1. The fraction of sp³-hybridized carbons (Fsp3) is 0.791. The van der Waals surface area contributed by atoms with E-state index in [0.717, 1.165) is 83.5 Å². The number of allylic oxidation sites excluding steroid dienone is 11. The van der Waals surface area contributed by atoms with Crippen molar-refractivity contribution in [2.24, 2.45) is 0 Å². The van der Waals surface area contributed by atoms with Crippen molar-refractivity contribution in [1.82, 2.24) is 5.32 Å². The fourth-order valence-corrected chi connectivity index (χ4v) is 9.73. The molecule has 1 rings (SSSR count). The van der Waals surface area contributed by atoms with Crippen LogP contribution in [0.15, 0.2) is 72.9 Å². The molecule has 0 aromatic rings. The molecule has 0 saturated carbocycles. The van der Waals surface area contributed by atoms with E-state index in [4.69, 9.17) is 14.2 Å². The summed E-state index contributed by atoms with van der Waals surface area (Å²) >= 11 is 0. The van der Waals surface area contributed by atoms with Gasteiger partial charge in [-0.1, -0.05) is 228 Å². The summed E-state index contributed by atoms with van der Waals surface area (Å²) in [5, 5.41) is 54.2. The molecule has 0 aromatic heterocycles. The molecule has 452 valence electrons. The van der Waals surface area contributed by atoms with Crippen LogP contribution in [0.1, 0.15) is 277 Å².